The van der Waals surface area contributed by atoms with Crippen LogP contribution in [0.1, 0.15) is 48.9 Å². The largest absolute Gasteiger partial charge is 0.396 e. The predicted octanol–water partition coefficient (Wildman–Crippen LogP) is 1.65. The Morgan fingerprint density at radius 1 is 1.12 bits per heavy atom. The Bertz CT molecular complexity index is 671. The number of sulfonamides is 1. The summed E-state index contributed by atoms with van der Waals surface area (Å²) in [4.78, 5) is 14.5. The van der Waals surface area contributed by atoms with Crippen LogP contribution in [-0.2, 0) is 10.0 Å². The number of amides is 1. The van der Waals surface area contributed by atoms with Gasteiger partial charge >= 0.3 is 0 Å². The van der Waals surface area contributed by atoms with E-state index in [1.807, 2.05) is 16.9 Å². The molecule has 2 saturated heterocycles. The molecule has 2 atom stereocenters. The maximum Gasteiger partial charge on any atom is 0.264 e. The molecule has 1 amide bonds. The minimum absolute atomic E-state index is 0.110. The van der Waals surface area contributed by atoms with E-state index in [1.54, 1.807) is 12.1 Å². The molecule has 0 radical (unpaired) electrons. The van der Waals surface area contributed by atoms with Gasteiger partial charge in [-0.3, -0.25) is 4.79 Å². The van der Waals surface area contributed by atoms with Crippen LogP contribution in [-0.4, -0.2) is 43.9 Å². The SMILES string of the molecule is O=C(NS(=O)(=O)CCCO)c1ccc(N2[C@@H]3CCC[C@H]2CC3)cc1. The fourth-order valence-electron chi connectivity index (χ4n) is 3.83. The molecule has 1 aromatic carbocycles. The van der Waals surface area contributed by atoms with Crippen molar-refractivity contribution < 1.29 is 18.3 Å². The van der Waals surface area contributed by atoms with E-state index in [0.717, 1.165) is 5.69 Å². The van der Waals surface area contributed by atoms with Gasteiger partial charge in [0.05, 0.1) is 5.75 Å². The van der Waals surface area contributed by atoms with Crippen LogP contribution >= 0.6 is 0 Å². The summed E-state index contributed by atoms with van der Waals surface area (Å²) in [5.74, 6) is -0.883. The summed E-state index contributed by atoms with van der Waals surface area (Å²) in [5.41, 5.74) is 1.44. The van der Waals surface area contributed by atoms with Crippen molar-refractivity contribution in [2.45, 2.75) is 50.6 Å². The Kier molecular flexibility index (Phi) is 5.10. The molecule has 132 valence electrons. The molecule has 2 N–H and O–H groups in total. The lowest BCUT2D eigenvalue weighted by Gasteiger charge is -2.36. The van der Waals surface area contributed by atoms with Gasteiger partial charge in [-0.2, -0.15) is 0 Å². The minimum atomic E-state index is -3.70. The molecule has 6 nitrogen and oxygen atoms in total. The highest BCUT2D eigenvalue weighted by Crippen LogP contribution is 2.39. The van der Waals surface area contributed by atoms with Gasteiger partial charge in [-0.1, -0.05) is 0 Å². The van der Waals surface area contributed by atoms with E-state index < -0.39 is 15.9 Å². The number of hydrogen-bond donors (Lipinski definition) is 2. The van der Waals surface area contributed by atoms with E-state index in [-0.39, 0.29) is 18.8 Å². The van der Waals surface area contributed by atoms with Gasteiger partial charge in [0, 0.05) is 29.9 Å². The molecule has 2 bridgehead atoms. The lowest BCUT2D eigenvalue weighted by Crippen LogP contribution is -2.39. The fraction of sp³-hybridized carbons (Fsp3) is 0.588. The number of hydrogen-bond acceptors (Lipinski definition) is 5. The number of aliphatic hydroxyl groups excluding tert-OH is 1. The molecule has 0 spiro atoms. The van der Waals surface area contributed by atoms with E-state index in [4.69, 9.17) is 5.11 Å². The van der Waals surface area contributed by atoms with Crippen molar-refractivity contribution in [2.24, 2.45) is 0 Å². The molecule has 24 heavy (non-hydrogen) atoms. The van der Waals surface area contributed by atoms with Crippen molar-refractivity contribution in [1.82, 2.24) is 4.72 Å². The van der Waals surface area contributed by atoms with E-state index in [0.29, 0.717) is 17.6 Å². The lowest BCUT2D eigenvalue weighted by molar-refractivity contribution is 0.0981. The van der Waals surface area contributed by atoms with E-state index in [2.05, 4.69) is 4.90 Å². The zero-order chi connectivity index (χ0) is 17.2. The first kappa shape index (κ1) is 17.2. The van der Waals surface area contributed by atoms with E-state index in [1.165, 1.54) is 32.1 Å². The molecule has 0 aromatic heterocycles. The number of nitrogens with zero attached hydrogens (tertiary/aromatic N) is 1. The van der Waals surface area contributed by atoms with Gasteiger partial charge in [0.2, 0.25) is 10.0 Å². The number of carbonyl (C=O) groups is 1. The number of fused-ring (bicyclic) bond motifs is 2. The zero-order valence-electron chi connectivity index (χ0n) is 13.6. The third-order valence-electron chi connectivity index (χ3n) is 4.94. The highest BCUT2D eigenvalue weighted by atomic mass is 32.2. The Labute approximate surface area is 142 Å². The standard InChI is InChI=1S/C17H24N2O4S/c20-11-2-12-24(22,23)18-17(21)13-5-7-16(8-6-13)19-14-3-1-4-15(19)10-9-14/h5-8,14-15,20H,1-4,9-12H2,(H,18,21)/t14-,15+. The summed E-state index contributed by atoms with van der Waals surface area (Å²) < 4.78 is 25.5. The number of nitrogens with one attached hydrogen (secondary N) is 1. The summed E-state index contributed by atoms with van der Waals surface area (Å²) in [7, 11) is -3.70. The number of benzene rings is 1. The molecule has 2 fully saturated rings. The highest BCUT2D eigenvalue weighted by Gasteiger charge is 2.36. The van der Waals surface area contributed by atoms with Crippen LogP contribution in [0.25, 0.3) is 0 Å². The molecule has 3 rings (SSSR count). The molecule has 0 aliphatic carbocycles. The van der Waals surface area contributed by atoms with Gasteiger partial charge in [-0.25, -0.2) is 13.1 Å². The fourth-order valence-corrected chi connectivity index (χ4v) is 4.84. The molecular formula is C17H24N2O4S. The summed E-state index contributed by atoms with van der Waals surface area (Å²) >= 11 is 0. The molecule has 2 aliphatic heterocycles. The highest BCUT2D eigenvalue weighted by molar-refractivity contribution is 7.90. The van der Waals surface area contributed by atoms with Crippen LogP contribution in [0.15, 0.2) is 24.3 Å². The number of aliphatic hydroxyl groups is 1. The van der Waals surface area contributed by atoms with Crippen molar-refractivity contribution in [3.05, 3.63) is 29.8 Å². The lowest BCUT2D eigenvalue weighted by atomic mass is 10.0. The van der Waals surface area contributed by atoms with E-state index in [9.17, 15) is 13.2 Å². The second-order valence-electron chi connectivity index (χ2n) is 6.60. The van der Waals surface area contributed by atoms with Gasteiger partial charge in [-0.15, -0.1) is 0 Å². The number of rotatable bonds is 6. The van der Waals surface area contributed by atoms with Gasteiger partial charge in [0.25, 0.3) is 5.91 Å². The zero-order valence-corrected chi connectivity index (χ0v) is 14.5. The molecular weight excluding hydrogens is 328 g/mol. The van der Waals surface area contributed by atoms with Crippen molar-refractivity contribution >= 4 is 21.6 Å². The third-order valence-corrected chi connectivity index (χ3v) is 6.26. The van der Waals surface area contributed by atoms with Crippen LogP contribution in [0.5, 0.6) is 0 Å². The Balaban J connectivity index is 1.67. The van der Waals surface area contributed by atoms with Crippen molar-refractivity contribution in [3.63, 3.8) is 0 Å². The van der Waals surface area contributed by atoms with Crippen molar-refractivity contribution in [2.75, 3.05) is 17.3 Å². The van der Waals surface area contributed by atoms with Crippen LogP contribution < -0.4 is 9.62 Å². The molecule has 2 heterocycles. The maximum absolute atomic E-state index is 12.1. The second-order valence-corrected chi connectivity index (χ2v) is 8.44. The molecule has 0 unspecified atom stereocenters. The van der Waals surface area contributed by atoms with Crippen LogP contribution in [0.4, 0.5) is 5.69 Å². The topological polar surface area (TPSA) is 86.7 Å². The van der Waals surface area contributed by atoms with Crippen molar-refractivity contribution in [1.29, 1.82) is 0 Å². The number of piperidine rings is 1. The normalized spacial score (nSPS) is 23.3. The molecule has 2 aliphatic rings. The first-order chi connectivity index (χ1) is 11.5. The monoisotopic (exact) mass is 352 g/mol. The quantitative estimate of drug-likeness (QED) is 0.813. The van der Waals surface area contributed by atoms with Gasteiger partial charge in [0.15, 0.2) is 0 Å². The first-order valence-electron chi connectivity index (χ1n) is 8.54. The minimum Gasteiger partial charge on any atom is -0.396 e. The maximum atomic E-state index is 12.1. The predicted molar refractivity (Wildman–Crippen MR) is 92.5 cm³/mol. The van der Waals surface area contributed by atoms with Crippen LogP contribution in [0.3, 0.4) is 0 Å². The summed E-state index contributed by atoms with van der Waals surface area (Å²) in [6.45, 7) is -0.220. The van der Waals surface area contributed by atoms with Gasteiger partial charge in [0.1, 0.15) is 0 Å². The second kappa shape index (κ2) is 7.11. The Hall–Kier alpha value is -1.60. The average Bonchev–Trinajstić information content (AvgIpc) is 2.81. The van der Waals surface area contributed by atoms with Crippen LogP contribution in [0, 0.1) is 0 Å². The third kappa shape index (κ3) is 3.72. The van der Waals surface area contributed by atoms with Crippen LogP contribution in [0.2, 0.25) is 0 Å². The summed E-state index contributed by atoms with van der Waals surface area (Å²) in [6.07, 6.45) is 6.31. The Morgan fingerprint density at radius 2 is 1.75 bits per heavy atom. The first-order valence-corrected chi connectivity index (χ1v) is 10.2. The Morgan fingerprint density at radius 3 is 2.33 bits per heavy atom. The number of carbonyl (C=O) groups excluding carboxylic acids is 1. The molecule has 1 aromatic rings. The van der Waals surface area contributed by atoms with Gasteiger partial charge in [-0.05, 0) is 62.8 Å². The average molecular weight is 352 g/mol. The smallest absolute Gasteiger partial charge is 0.264 e. The molecule has 7 heteroatoms. The van der Waals surface area contributed by atoms with E-state index >= 15 is 0 Å². The summed E-state index contributed by atoms with van der Waals surface area (Å²) in [5, 5.41) is 8.70. The number of anilines is 1. The van der Waals surface area contributed by atoms with Crippen molar-refractivity contribution in [3.8, 4) is 0 Å². The summed E-state index contributed by atoms with van der Waals surface area (Å²) in [6, 6.07) is 8.38. The molecule has 0 saturated carbocycles. The van der Waals surface area contributed by atoms with Gasteiger partial charge < -0.3 is 10.0 Å².